The molecule has 0 saturated carbocycles. The molecule has 34 heavy (non-hydrogen) atoms. The van der Waals surface area contributed by atoms with E-state index in [9.17, 15) is 9.59 Å². The molecule has 2 aromatic rings. The SMILES string of the molecule is Cc1cc(=O)oc2cc(OCC(=O)N3CCCC4=CC5CC(CN6CCCC[C@H]56)[C@@H]43)c(Cl)cc12. The van der Waals surface area contributed by atoms with E-state index < -0.39 is 5.63 Å². The molecule has 0 radical (unpaired) electrons. The number of piperidine rings is 3. The zero-order valence-corrected chi connectivity index (χ0v) is 20.4. The third kappa shape index (κ3) is 3.85. The summed E-state index contributed by atoms with van der Waals surface area (Å²) in [5, 5.41) is 1.17. The molecule has 4 heterocycles. The van der Waals surface area contributed by atoms with Gasteiger partial charge >= 0.3 is 5.63 Å². The second-order valence-corrected chi connectivity index (χ2v) is 10.8. The Labute approximate surface area is 204 Å². The van der Waals surface area contributed by atoms with Crippen molar-refractivity contribution < 1.29 is 13.9 Å². The van der Waals surface area contributed by atoms with E-state index >= 15 is 0 Å². The van der Waals surface area contributed by atoms with E-state index in [0.29, 0.717) is 34.2 Å². The lowest BCUT2D eigenvalue weighted by atomic mass is 9.68. The van der Waals surface area contributed by atoms with Crippen LogP contribution in [0.25, 0.3) is 11.0 Å². The lowest BCUT2D eigenvalue weighted by Gasteiger charge is -2.54. The molecule has 0 spiro atoms. The van der Waals surface area contributed by atoms with Gasteiger partial charge in [0.15, 0.2) is 6.61 Å². The van der Waals surface area contributed by atoms with Crippen molar-refractivity contribution >= 4 is 28.5 Å². The third-order valence-corrected chi connectivity index (χ3v) is 8.63. The number of aryl methyl sites for hydroxylation is 1. The van der Waals surface area contributed by atoms with Gasteiger partial charge < -0.3 is 14.1 Å². The average Bonchev–Trinajstić information content (AvgIpc) is 2.83. The van der Waals surface area contributed by atoms with Crippen molar-refractivity contribution in [3.8, 4) is 5.75 Å². The van der Waals surface area contributed by atoms with Gasteiger partial charge in [0.1, 0.15) is 11.3 Å². The van der Waals surface area contributed by atoms with Crippen LogP contribution in [0.5, 0.6) is 5.75 Å². The lowest BCUT2D eigenvalue weighted by Crippen LogP contribution is -2.60. The quantitative estimate of drug-likeness (QED) is 0.474. The first-order chi connectivity index (χ1) is 16.5. The summed E-state index contributed by atoms with van der Waals surface area (Å²) in [4.78, 5) is 29.9. The molecule has 3 saturated heterocycles. The number of nitrogens with zero attached hydrogens (tertiary/aromatic N) is 2. The highest BCUT2D eigenvalue weighted by molar-refractivity contribution is 6.32. The molecular formula is C27H31ClN2O4. The van der Waals surface area contributed by atoms with Gasteiger partial charge in [-0.15, -0.1) is 0 Å². The first-order valence-electron chi connectivity index (χ1n) is 12.6. The van der Waals surface area contributed by atoms with Gasteiger partial charge in [0.2, 0.25) is 0 Å². The van der Waals surface area contributed by atoms with E-state index in [1.54, 1.807) is 12.1 Å². The third-order valence-electron chi connectivity index (χ3n) is 8.33. The Morgan fingerprint density at radius 3 is 2.97 bits per heavy atom. The fraction of sp³-hybridized carbons (Fsp3) is 0.556. The number of likely N-dealkylation sites (tertiary alicyclic amines) is 1. The molecule has 4 aliphatic rings. The number of benzene rings is 1. The van der Waals surface area contributed by atoms with Crippen LogP contribution in [0.3, 0.4) is 0 Å². The Morgan fingerprint density at radius 2 is 2.09 bits per heavy atom. The van der Waals surface area contributed by atoms with Crippen molar-refractivity contribution in [2.45, 2.75) is 57.5 Å². The van der Waals surface area contributed by atoms with Crippen LogP contribution >= 0.6 is 11.6 Å². The largest absolute Gasteiger partial charge is 0.482 e. The molecule has 3 fully saturated rings. The molecule has 4 atom stereocenters. The molecule has 1 aliphatic carbocycles. The monoisotopic (exact) mass is 482 g/mol. The number of hydrogen-bond acceptors (Lipinski definition) is 5. The summed E-state index contributed by atoms with van der Waals surface area (Å²) >= 11 is 6.44. The van der Waals surface area contributed by atoms with Crippen LogP contribution in [-0.4, -0.2) is 54.0 Å². The minimum atomic E-state index is -0.416. The highest BCUT2D eigenvalue weighted by Gasteiger charge is 2.46. The molecule has 6 nitrogen and oxygen atoms in total. The van der Waals surface area contributed by atoms with Crippen LogP contribution in [0.2, 0.25) is 5.02 Å². The van der Waals surface area contributed by atoms with Gasteiger partial charge in [-0.25, -0.2) is 4.79 Å². The lowest BCUT2D eigenvalue weighted by molar-refractivity contribution is -0.138. The van der Waals surface area contributed by atoms with Crippen LogP contribution in [0.15, 0.2) is 39.1 Å². The molecular weight excluding hydrogens is 452 g/mol. The topological polar surface area (TPSA) is 63.0 Å². The maximum absolute atomic E-state index is 13.4. The van der Waals surface area contributed by atoms with Crippen LogP contribution in [0.4, 0.5) is 0 Å². The molecule has 6 rings (SSSR count). The average molecular weight is 483 g/mol. The van der Waals surface area contributed by atoms with E-state index in [-0.39, 0.29) is 18.6 Å². The molecule has 2 bridgehead atoms. The zero-order valence-electron chi connectivity index (χ0n) is 19.6. The predicted octanol–water partition coefficient (Wildman–Crippen LogP) is 4.56. The fourth-order valence-electron chi connectivity index (χ4n) is 6.91. The first kappa shape index (κ1) is 22.2. The number of halogens is 1. The standard InChI is InChI=1S/C27H31ClN2O4/c1-16-9-26(32)34-23-13-24(21(28)12-20(16)23)33-15-25(31)30-8-4-5-17-10-18-11-19(27(17)30)14-29-7-3-2-6-22(18)29/h9-10,12-13,18-19,22,27H,2-8,11,14-15H2,1H3/t18?,19?,22-,27-/m1/s1. The van der Waals surface area contributed by atoms with Gasteiger partial charge in [-0.1, -0.05) is 29.7 Å². The Hall–Kier alpha value is -2.31. The first-order valence-corrected chi connectivity index (χ1v) is 13.0. The predicted molar refractivity (Wildman–Crippen MR) is 131 cm³/mol. The van der Waals surface area contributed by atoms with Crippen molar-refractivity contribution in [1.29, 1.82) is 0 Å². The molecule has 0 N–H and O–H groups in total. The van der Waals surface area contributed by atoms with Gasteiger partial charge in [-0.2, -0.15) is 0 Å². The normalized spacial score (nSPS) is 28.8. The maximum Gasteiger partial charge on any atom is 0.336 e. The van der Waals surface area contributed by atoms with Gasteiger partial charge in [-0.05, 0) is 69.0 Å². The number of hydrogen-bond donors (Lipinski definition) is 0. The van der Waals surface area contributed by atoms with Gasteiger partial charge in [0.05, 0.1) is 11.1 Å². The highest BCUT2D eigenvalue weighted by Crippen LogP contribution is 2.45. The van der Waals surface area contributed by atoms with Crippen LogP contribution in [-0.2, 0) is 4.79 Å². The van der Waals surface area contributed by atoms with Crippen LogP contribution in [0, 0.1) is 18.8 Å². The van der Waals surface area contributed by atoms with E-state index in [2.05, 4.69) is 15.9 Å². The number of carbonyl (C=O) groups excluding carboxylic acids is 1. The molecule has 1 amide bonds. The second kappa shape index (κ2) is 8.72. The summed E-state index contributed by atoms with van der Waals surface area (Å²) in [6, 6.07) is 5.68. The minimum absolute atomic E-state index is 0.00308. The number of carbonyl (C=O) groups is 1. The Morgan fingerprint density at radius 1 is 1.21 bits per heavy atom. The number of ether oxygens (including phenoxy) is 1. The zero-order chi connectivity index (χ0) is 23.4. The fourth-order valence-corrected chi connectivity index (χ4v) is 7.12. The molecule has 2 unspecified atom stereocenters. The van der Waals surface area contributed by atoms with Crippen LogP contribution < -0.4 is 10.4 Å². The number of rotatable bonds is 3. The summed E-state index contributed by atoms with van der Waals surface area (Å²) in [6.07, 6.45) is 9.77. The van der Waals surface area contributed by atoms with E-state index in [0.717, 1.165) is 36.9 Å². The summed E-state index contributed by atoms with van der Waals surface area (Å²) in [5.41, 5.74) is 2.26. The summed E-state index contributed by atoms with van der Waals surface area (Å²) in [5.74, 6) is 1.51. The van der Waals surface area contributed by atoms with Gasteiger partial charge in [0, 0.05) is 36.7 Å². The Kier molecular flexibility index (Phi) is 5.69. The summed E-state index contributed by atoms with van der Waals surface area (Å²) < 4.78 is 11.2. The van der Waals surface area contributed by atoms with Gasteiger partial charge in [-0.3, -0.25) is 9.69 Å². The van der Waals surface area contributed by atoms with Crippen molar-refractivity contribution in [3.05, 3.63) is 50.9 Å². The van der Waals surface area contributed by atoms with Crippen LogP contribution in [0.1, 0.15) is 44.1 Å². The molecule has 180 valence electrons. The van der Waals surface area contributed by atoms with Crippen molar-refractivity contribution in [1.82, 2.24) is 9.80 Å². The van der Waals surface area contributed by atoms with E-state index in [1.807, 2.05) is 6.92 Å². The molecule has 1 aromatic heterocycles. The van der Waals surface area contributed by atoms with Gasteiger partial charge in [0.25, 0.3) is 5.91 Å². The molecule has 1 aromatic carbocycles. The Bertz CT molecular complexity index is 1220. The molecule has 7 heteroatoms. The van der Waals surface area contributed by atoms with Crippen molar-refractivity contribution in [2.75, 3.05) is 26.2 Å². The smallest absolute Gasteiger partial charge is 0.336 e. The minimum Gasteiger partial charge on any atom is -0.482 e. The number of amides is 1. The Balaban J connectivity index is 1.21. The van der Waals surface area contributed by atoms with E-state index in [1.165, 1.54) is 43.9 Å². The second-order valence-electron chi connectivity index (χ2n) is 10.4. The number of fused-ring (bicyclic) bond motifs is 7. The van der Waals surface area contributed by atoms with Crippen molar-refractivity contribution in [2.24, 2.45) is 11.8 Å². The summed E-state index contributed by atoms with van der Waals surface area (Å²) in [6.45, 7) is 4.83. The molecule has 3 aliphatic heterocycles. The van der Waals surface area contributed by atoms with Crippen molar-refractivity contribution in [3.63, 3.8) is 0 Å². The highest BCUT2D eigenvalue weighted by atomic mass is 35.5. The van der Waals surface area contributed by atoms with E-state index in [4.69, 9.17) is 20.8 Å². The summed E-state index contributed by atoms with van der Waals surface area (Å²) in [7, 11) is 0. The maximum atomic E-state index is 13.4.